The van der Waals surface area contributed by atoms with Gasteiger partial charge in [-0.15, -0.1) is 0 Å². The smallest absolute Gasteiger partial charge is 0.0737 e. The second-order valence-corrected chi connectivity index (χ2v) is 5.60. The summed E-state index contributed by atoms with van der Waals surface area (Å²) in [7, 11) is 0. The van der Waals surface area contributed by atoms with Crippen molar-refractivity contribution in [2.75, 3.05) is 6.54 Å². The average molecular weight is 283 g/mol. The fourth-order valence-electron chi connectivity index (χ4n) is 2.09. The Labute approximate surface area is 117 Å². The molecule has 1 unspecified atom stereocenters. The summed E-state index contributed by atoms with van der Waals surface area (Å²) >= 11 is 12.2. The maximum atomic E-state index is 6.21. The summed E-state index contributed by atoms with van der Waals surface area (Å²) in [5, 5.41) is 2.24. The number of hydrogen-bond acceptors (Lipinski definition) is 2. The number of aromatic nitrogens is 1. The van der Waals surface area contributed by atoms with Crippen molar-refractivity contribution < 1.29 is 0 Å². The van der Waals surface area contributed by atoms with Gasteiger partial charge in [0.15, 0.2) is 0 Å². The van der Waals surface area contributed by atoms with E-state index >= 15 is 0 Å². The maximum Gasteiger partial charge on any atom is 0.0737 e. The van der Waals surface area contributed by atoms with Crippen LogP contribution in [0.15, 0.2) is 18.2 Å². The molecule has 1 atom stereocenters. The molecule has 0 radical (unpaired) electrons. The van der Waals surface area contributed by atoms with E-state index < -0.39 is 0 Å². The van der Waals surface area contributed by atoms with Gasteiger partial charge in [-0.2, -0.15) is 0 Å². The second-order valence-electron chi connectivity index (χ2n) is 4.76. The number of nitrogens with zero attached hydrogens (tertiary/aromatic N) is 1. The first-order chi connectivity index (χ1) is 8.51. The molecule has 2 rings (SSSR count). The lowest BCUT2D eigenvalue weighted by Crippen LogP contribution is -2.14. The number of pyridine rings is 1. The highest BCUT2D eigenvalue weighted by molar-refractivity contribution is 6.38. The van der Waals surface area contributed by atoms with E-state index in [-0.39, 0.29) is 0 Å². The van der Waals surface area contributed by atoms with Crippen LogP contribution >= 0.6 is 23.2 Å². The molecular formula is C14H16Cl2N2. The monoisotopic (exact) mass is 282 g/mol. The highest BCUT2D eigenvalue weighted by Crippen LogP contribution is 2.30. The Balaban J connectivity index is 2.54. The minimum atomic E-state index is 0.420. The predicted molar refractivity (Wildman–Crippen MR) is 78.4 cm³/mol. The Morgan fingerprint density at radius 3 is 2.67 bits per heavy atom. The molecular weight excluding hydrogens is 267 g/mol. The van der Waals surface area contributed by atoms with Gasteiger partial charge in [-0.1, -0.05) is 30.1 Å². The third kappa shape index (κ3) is 2.77. The lowest BCUT2D eigenvalue weighted by atomic mass is 10.0. The molecule has 0 bridgehead atoms. The molecule has 0 aliphatic carbocycles. The number of halogens is 2. The minimum absolute atomic E-state index is 0.420. The first kappa shape index (κ1) is 13.6. The van der Waals surface area contributed by atoms with E-state index in [9.17, 15) is 0 Å². The summed E-state index contributed by atoms with van der Waals surface area (Å²) in [5.41, 5.74) is 8.67. The van der Waals surface area contributed by atoms with Gasteiger partial charge in [-0.25, -0.2) is 0 Å². The number of rotatable bonds is 3. The standard InChI is InChI=1S/C14H16Cl2N2/c1-8(7-17)3-11-4-9(2)14-12(16)5-10(15)6-13(14)18-11/h4-6,8H,3,7,17H2,1-2H3. The zero-order valence-electron chi connectivity index (χ0n) is 10.5. The van der Waals surface area contributed by atoms with E-state index in [0.29, 0.717) is 22.5 Å². The molecule has 0 spiro atoms. The van der Waals surface area contributed by atoms with Gasteiger partial charge in [-0.3, -0.25) is 4.98 Å². The van der Waals surface area contributed by atoms with Gasteiger partial charge in [0.2, 0.25) is 0 Å². The Bertz CT molecular complexity index is 582. The summed E-state index contributed by atoms with van der Waals surface area (Å²) in [4.78, 5) is 4.62. The fourth-order valence-corrected chi connectivity index (χ4v) is 2.72. The minimum Gasteiger partial charge on any atom is -0.330 e. The van der Waals surface area contributed by atoms with Crippen molar-refractivity contribution >= 4 is 34.1 Å². The quantitative estimate of drug-likeness (QED) is 0.925. The zero-order valence-corrected chi connectivity index (χ0v) is 12.0. The van der Waals surface area contributed by atoms with Gasteiger partial charge in [0.05, 0.1) is 10.5 Å². The molecule has 0 saturated carbocycles. The van der Waals surface area contributed by atoms with E-state index in [4.69, 9.17) is 28.9 Å². The van der Waals surface area contributed by atoms with Crippen molar-refractivity contribution in [3.8, 4) is 0 Å². The van der Waals surface area contributed by atoms with Crippen LogP contribution in [0.5, 0.6) is 0 Å². The number of aryl methyl sites for hydroxylation is 1. The Morgan fingerprint density at radius 1 is 1.28 bits per heavy atom. The molecule has 0 amide bonds. The van der Waals surface area contributed by atoms with Crippen LogP contribution in [-0.2, 0) is 6.42 Å². The molecule has 0 aliphatic rings. The van der Waals surface area contributed by atoms with Crippen LogP contribution in [0.3, 0.4) is 0 Å². The largest absolute Gasteiger partial charge is 0.330 e. The topological polar surface area (TPSA) is 38.9 Å². The maximum absolute atomic E-state index is 6.21. The van der Waals surface area contributed by atoms with E-state index in [1.807, 2.05) is 13.0 Å². The molecule has 0 fully saturated rings. The molecule has 4 heteroatoms. The number of nitrogens with two attached hydrogens (primary N) is 1. The third-order valence-electron chi connectivity index (χ3n) is 3.04. The van der Waals surface area contributed by atoms with Crippen LogP contribution in [0.4, 0.5) is 0 Å². The van der Waals surface area contributed by atoms with Gasteiger partial charge in [0, 0.05) is 16.1 Å². The van der Waals surface area contributed by atoms with Crippen LogP contribution in [0, 0.1) is 12.8 Å². The highest BCUT2D eigenvalue weighted by atomic mass is 35.5. The first-order valence-electron chi connectivity index (χ1n) is 5.96. The van der Waals surface area contributed by atoms with Crippen molar-refractivity contribution in [2.24, 2.45) is 11.7 Å². The number of hydrogen-bond donors (Lipinski definition) is 1. The SMILES string of the molecule is Cc1cc(CC(C)CN)nc2cc(Cl)cc(Cl)c12. The molecule has 1 aromatic heterocycles. The normalized spacial score (nSPS) is 12.9. The van der Waals surface area contributed by atoms with Gasteiger partial charge < -0.3 is 5.73 Å². The van der Waals surface area contributed by atoms with Crippen LogP contribution in [-0.4, -0.2) is 11.5 Å². The molecule has 2 aromatic rings. The van der Waals surface area contributed by atoms with Crippen LogP contribution in [0.25, 0.3) is 10.9 Å². The molecule has 1 heterocycles. The molecule has 2 N–H and O–H groups in total. The fraction of sp³-hybridized carbons (Fsp3) is 0.357. The molecule has 0 aliphatic heterocycles. The van der Waals surface area contributed by atoms with Crippen molar-refractivity contribution in [2.45, 2.75) is 20.3 Å². The molecule has 2 nitrogen and oxygen atoms in total. The number of fused-ring (bicyclic) bond motifs is 1. The third-order valence-corrected chi connectivity index (χ3v) is 3.55. The van der Waals surface area contributed by atoms with Gasteiger partial charge in [-0.05, 0) is 49.6 Å². The number of benzene rings is 1. The van der Waals surface area contributed by atoms with Crippen LogP contribution < -0.4 is 5.73 Å². The predicted octanol–water partition coefficient (Wildman–Crippen LogP) is 3.99. The van der Waals surface area contributed by atoms with E-state index in [2.05, 4.69) is 18.0 Å². The summed E-state index contributed by atoms with van der Waals surface area (Å²) in [6.07, 6.45) is 0.872. The van der Waals surface area contributed by atoms with Crippen LogP contribution in [0.2, 0.25) is 10.0 Å². The van der Waals surface area contributed by atoms with Crippen molar-refractivity contribution in [1.29, 1.82) is 0 Å². The van der Waals surface area contributed by atoms with E-state index in [1.54, 1.807) is 6.07 Å². The van der Waals surface area contributed by atoms with E-state index in [0.717, 1.165) is 28.6 Å². The van der Waals surface area contributed by atoms with Crippen molar-refractivity contribution in [1.82, 2.24) is 4.98 Å². The highest BCUT2D eigenvalue weighted by Gasteiger charge is 2.09. The lowest BCUT2D eigenvalue weighted by molar-refractivity contribution is 0.585. The average Bonchev–Trinajstić information content (AvgIpc) is 2.26. The first-order valence-corrected chi connectivity index (χ1v) is 6.72. The summed E-state index contributed by atoms with van der Waals surface area (Å²) in [6, 6.07) is 5.68. The summed E-state index contributed by atoms with van der Waals surface area (Å²) in [5.74, 6) is 0.420. The van der Waals surface area contributed by atoms with Gasteiger partial charge in [0.1, 0.15) is 0 Å². The second kappa shape index (κ2) is 5.43. The summed E-state index contributed by atoms with van der Waals surface area (Å²) in [6.45, 7) is 4.82. The van der Waals surface area contributed by atoms with Crippen molar-refractivity contribution in [3.63, 3.8) is 0 Å². The summed E-state index contributed by atoms with van der Waals surface area (Å²) < 4.78 is 0. The molecule has 18 heavy (non-hydrogen) atoms. The van der Waals surface area contributed by atoms with Gasteiger partial charge in [0.25, 0.3) is 0 Å². The van der Waals surface area contributed by atoms with E-state index in [1.165, 1.54) is 0 Å². The van der Waals surface area contributed by atoms with Crippen LogP contribution in [0.1, 0.15) is 18.2 Å². The Kier molecular flexibility index (Phi) is 4.10. The van der Waals surface area contributed by atoms with Gasteiger partial charge >= 0.3 is 0 Å². The van der Waals surface area contributed by atoms with Crippen molar-refractivity contribution in [3.05, 3.63) is 39.5 Å². The Morgan fingerprint density at radius 2 is 2.00 bits per heavy atom. The Hall–Kier alpha value is -0.830. The molecule has 1 aromatic carbocycles. The lowest BCUT2D eigenvalue weighted by Gasteiger charge is -2.11. The molecule has 0 saturated heterocycles. The molecule has 96 valence electrons. The zero-order chi connectivity index (χ0) is 13.3.